The zero-order valence-electron chi connectivity index (χ0n) is 16.4. The molecule has 3 aromatic carbocycles. The number of aryl methyl sites for hydroxylation is 1. The van der Waals surface area contributed by atoms with E-state index < -0.39 is 28.7 Å². The number of rotatable bonds is 6. The molecule has 9 heteroatoms. The van der Waals surface area contributed by atoms with Gasteiger partial charge < -0.3 is 15.8 Å². The normalized spacial score (nSPS) is 11.4. The largest absolute Gasteiger partial charge is 0.444 e. The van der Waals surface area contributed by atoms with Crippen LogP contribution in [-0.4, -0.2) is 16.8 Å². The molecule has 1 atom stereocenters. The van der Waals surface area contributed by atoms with Gasteiger partial charge in [0.05, 0.1) is 10.5 Å². The summed E-state index contributed by atoms with van der Waals surface area (Å²) in [5.74, 6) is -2.37. The van der Waals surface area contributed by atoms with Gasteiger partial charge in [0, 0.05) is 17.3 Å². The molecule has 0 saturated carbocycles. The predicted molar refractivity (Wildman–Crippen MR) is 112 cm³/mol. The molecular formula is C22H18FN3O5. The van der Waals surface area contributed by atoms with E-state index in [0.29, 0.717) is 11.1 Å². The second kappa shape index (κ2) is 9.04. The lowest BCUT2D eigenvalue weighted by molar-refractivity contribution is -0.384. The number of nitrogens with zero attached hydrogens (tertiary/aromatic N) is 1. The maximum atomic E-state index is 13.3. The molecule has 0 saturated heterocycles. The molecule has 0 aliphatic rings. The number of amides is 1. The summed E-state index contributed by atoms with van der Waals surface area (Å²) in [7, 11) is 0. The van der Waals surface area contributed by atoms with Crippen LogP contribution in [-0.2, 0) is 9.53 Å². The molecule has 3 aromatic rings. The maximum Gasteiger partial charge on any atom is 0.341 e. The van der Waals surface area contributed by atoms with Crippen LogP contribution in [0.4, 0.5) is 21.5 Å². The lowest BCUT2D eigenvalue weighted by Gasteiger charge is -2.18. The summed E-state index contributed by atoms with van der Waals surface area (Å²) in [6, 6.07) is 15.6. The Kier molecular flexibility index (Phi) is 6.25. The maximum absolute atomic E-state index is 13.3. The van der Waals surface area contributed by atoms with Crippen molar-refractivity contribution in [3.05, 3.63) is 99.4 Å². The highest BCUT2D eigenvalue weighted by Gasteiger charge is 2.28. The van der Waals surface area contributed by atoms with Crippen molar-refractivity contribution in [2.45, 2.75) is 13.0 Å². The molecule has 1 unspecified atom stereocenters. The summed E-state index contributed by atoms with van der Waals surface area (Å²) in [6.07, 6.45) is -1.43. The molecule has 0 spiro atoms. The summed E-state index contributed by atoms with van der Waals surface area (Å²) in [5.41, 5.74) is 6.06. The average Bonchev–Trinajstić information content (AvgIpc) is 2.73. The number of nitrogen functional groups attached to an aromatic ring is 1. The minimum atomic E-state index is -1.43. The number of hydrogen-bond donors (Lipinski definition) is 2. The summed E-state index contributed by atoms with van der Waals surface area (Å²) in [4.78, 5) is 36.3. The third-order valence-electron chi connectivity index (χ3n) is 4.41. The SMILES string of the molecule is Cc1ccc(NC(=O)C(OC(=O)c2ccc(F)cc2N)c2ccccc2)c([N+](=O)[O-])c1. The zero-order valence-corrected chi connectivity index (χ0v) is 16.4. The van der Waals surface area contributed by atoms with E-state index in [2.05, 4.69) is 5.32 Å². The smallest absolute Gasteiger partial charge is 0.341 e. The average molecular weight is 423 g/mol. The number of ether oxygens (including phenoxy) is 1. The van der Waals surface area contributed by atoms with Gasteiger partial charge in [-0.15, -0.1) is 0 Å². The Balaban J connectivity index is 1.92. The Morgan fingerprint density at radius 2 is 1.81 bits per heavy atom. The van der Waals surface area contributed by atoms with Crippen molar-refractivity contribution < 1.29 is 23.6 Å². The lowest BCUT2D eigenvalue weighted by atomic mass is 10.1. The van der Waals surface area contributed by atoms with Gasteiger partial charge in [-0.1, -0.05) is 36.4 Å². The number of nitro groups is 1. The number of carbonyl (C=O) groups is 2. The van der Waals surface area contributed by atoms with Gasteiger partial charge >= 0.3 is 5.97 Å². The van der Waals surface area contributed by atoms with Crippen LogP contribution in [0.5, 0.6) is 0 Å². The third-order valence-corrected chi connectivity index (χ3v) is 4.41. The van der Waals surface area contributed by atoms with Gasteiger partial charge in [0.2, 0.25) is 6.10 Å². The van der Waals surface area contributed by atoms with Crippen molar-refractivity contribution in [3.63, 3.8) is 0 Å². The van der Waals surface area contributed by atoms with E-state index in [-0.39, 0.29) is 22.6 Å². The number of nitrogens with one attached hydrogen (secondary N) is 1. The van der Waals surface area contributed by atoms with Crippen LogP contribution in [0.3, 0.4) is 0 Å². The van der Waals surface area contributed by atoms with Crippen LogP contribution < -0.4 is 11.1 Å². The summed E-state index contributed by atoms with van der Waals surface area (Å²) >= 11 is 0. The lowest BCUT2D eigenvalue weighted by Crippen LogP contribution is -2.26. The minimum Gasteiger partial charge on any atom is -0.444 e. The van der Waals surface area contributed by atoms with Crippen LogP contribution in [0.15, 0.2) is 66.7 Å². The highest BCUT2D eigenvalue weighted by Crippen LogP contribution is 2.28. The van der Waals surface area contributed by atoms with Gasteiger partial charge in [-0.3, -0.25) is 14.9 Å². The fourth-order valence-corrected chi connectivity index (χ4v) is 2.89. The Labute approximate surface area is 176 Å². The van der Waals surface area contributed by atoms with Crippen LogP contribution in [0.1, 0.15) is 27.6 Å². The number of nitro benzene ring substituents is 1. The van der Waals surface area contributed by atoms with Crippen LogP contribution in [0.25, 0.3) is 0 Å². The van der Waals surface area contributed by atoms with Crippen LogP contribution in [0, 0.1) is 22.9 Å². The fourth-order valence-electron chi connectivity index (χ4n) is 2.89. The molecule has 31 heavy (non-hydrogen) atoms. The second-order valence-electron chi connectivity index (χ2n) is 6.69. The molecule has 158 valence electrons. The highest BCUT2D eigenvalue weighted by atomic mass is 19.1. The van der Waals surface area contributed by atoms with Crippen molar-refractivity contribution in [3.8, 4) is 0 Å². The number of anilines is 2. The van der Waals surface area contributed by atoms with Crippen molar-refractivity contribution >= 4 is 28.9 Å². The first kappa shape index (κ1) is 21.4. The van der Waals surface area contributed by atoms with Gasteiger partial charge in [0.25, 0.3) is 11.6 Å². The zero-order chi connectivity index (χ0) is 22.5. The van der Waals surface area contributed by atoms with E-state index in [0.717, 1.165) is 18.2 Å². The molecule has 0 aliphatic heterocycles. The second-order valence-corrected chi connectivity index (χ2v) is 6.69. The summed E-state index contributed by atoms with van der Waals surface area (Å²) < 4.78 is 18.7. The van der Waals surface area contributed by atoms with Crippen LogP contribution >= 0.6 is 0 Å². The Morgan fingerprint density at radius 1 is 1.10 bits per heavy atom. The first-order chi connectivity index (χ1) is 14.8. The number of hydrogen-bond acceptors (Lipinski definition) is 6. The van der Waals surface area contributed by atoms with E-state index in [1.54, 1.807) is 43.3 Å². The topological polar surface area (TPSA) is 125 Å². The predicted octanol–water partition coefficient (Wildman–Crippen LogP) is 4.16. The molecular weight excluding hydrogens is 405 g/mol. The van der Waals surface area contributed by atoms with Gasteiger partial charge in [-0.2, -0.15) is 0 Å². The van der Waals surface area contributed by atoms with Crippen molar-refractivity contribution in [2.75, 3.05) is 11.1 Å². The molecule has 1 amide bonds. The standard InChI is InChI=1S/C22H18FN3O5/c1-13-7-10-18(19(11-13)26(29)30)25-21(27)20(14-5-3-2-4-6-14)31-22(28)16-9-8-15(23)12-17(16)24/h2-12,20H,24H2,1H3,(H,25,27). The number of benzene rings is 3. The molecule has 0 fully saturated rings. The first-order valence-electron chi connectivity index (χ1n) is 9.13. The Hall–Kier alpha value is -4.27. The van der Waals surface area contributed by atoms with Crippen molar-refractivity contribution in [1.29, 1.82) is 0 Å². The van der Waals surface area contributed by atoms with Gasteiger partial charge in [-0.25, -0.2) is 9.18 Å². The summed E-state index contributed by atoms with van der Waals surface area (Å²) in [6.45, 7) is 1.68. The Bertz CT molecular complexity index is 1150. The highest BCUT2D eigenvalue weighted by molar-refractivity contribution is 6.00. The Morgan fingerprint density at radius 3 is 2.45 bits per heavy atom. The molecule has 0 aromatic heterocycles. The minimum absolute atomic E-state index is 0.0427. The molecule has 0 radical (unpaired) electrons. The van der Waals surface area contributed by atoms with Crippen molar-refractivity contribution in [1.82, 2.24) is 0 Å². The molecule has 0 heterocycles. The number of nitrogens with two attached hydrogens (primary N) is 1. The third kappa shape index (κ3) is 5.02. The molecule has 8 nitrogen and oxygen atoms in total. The number of esters is 1. The molecule has 3 rings (SSSR count). The van der Waals surface area contributed by atoms with E-state index in [1.165, 1.54) is 12.1 Å². The van der Waals surface area contributed by atoms with E-state index in [4.69, 9.17) is 10.5 Å². The van der Waals surface area contributed by atoms with E-state index >= 15 is 0 Å². The molecule has 3 N–H and O–H groups in total. The monoisotopic (exact) mass is 423 g/mol. The first-order valence-corrected chi connectivity index (χ1v) is 9.13. The molecule has 0 aliphatic carbocycles. The van der Waals surface area contributed by atoms with Gasteiger partial charge in [-0.05, 0) is 36.8 Å². The van der Waals surface area contributed by atoms with Crippen molar-refractivity contribution in [2.24, 2.45) is 0 Å². The molecule has 0 bridgehead atoms. The van der Waals surface area contributed by atoms with E-state index in [9.17, 15) is 24.1 Å². The van der Waals surface area contributed by atoms with Gasteiger partial charge in [0.1, 0.15) is 11.5 Å². The number of halogens is 1. The van der Waals surface area contributed by atoms with E-state index in [1.807, 2.05) is 0 Å². The van der Waals surface area contributed by atoms with Crippen LogP contribution in [0.2, 0.25) is 0 Å². The fraction of sp³-hybridized carbons (Fsp3) is 0.0909. The summed E-state index contributed by atoms with van der Waals surface area (Å²) in [5, 5.41) is 13.8. The van der Waals surface area contributed by atoms with Gasteiger partial charge in [0.15, 0.2) is 0 Å². The number of carbonyl (C=O) groups excluding carboxylic acids is 2. The quantitative estimate of drug-likeness (QED) is 0.265.